The normalized spacial score (nSPS) is 14.8. The van der Waals surface area contributed by atoms with Gasteiger partial charge in [-0.25, -0.2) is 8.42 Å². The van der Waals surface area contributed by atoms with Gasteiger partial charge < -0.3 is 0 Å². The van der Waals surface area contributed by atoms with E-state index in [-0.39, 0.29) is 6.54 Å². The average molecular weight is 363 g/mol. The van der Waals surface area contributed by atoms with Gasteiger partial charge in [0.05, 0.1) is 22.8 Å². The van der Waals surface area contributed by atoms with Gasteiger partial charge in [-0.1, -0.05) is 42.5 Å². The van der Waals surface area contributed by atoms with Crippen LogP contribution in [0.25, 0.3) is 16.5 Å². The topological polar surface area (TPSA) is 81.0 Å². The maximum atomic E-state index is 13.1. The zero-order valence-corrected chi connectivity index (χ0v) is 14.3. The van der Waals surface area contributed by atoms with Gasteiger partial charge in [-0.3, -0.25) is 4.31 Å². The lowest BCUT2D eigenvalue weighted by Crippen LogP contribution is -2.28. The summed E-state index contributed by atoms with van der Waals surface area (Å²) in [5, 5.41) is 13.4. The van der Waals surface area contributed by atoms with E-state index in [1.165, 1.54) is 4.31 Å². The quantitative estimate of drug-likeness (QED) is 0.559. The van der Waals surface area contributed by atoms with E-state index in [0.717, 1.165) is 16.5 Å². The molecule has 0 aliphatic carbocycles. The average Bonchev–Trinajstić information content (AvgIpc) is 3.21. The first-order valence-electron chi connectivity index (χ1n) is 8.03. The lowest BCUT2D eigenvalue weighted by Gasteiger charge is -2.18. The van der Waals surface area contributed by atoms with E-state index in [1.54, 1.807) is 16.8 Å². The summed E-state index contributed by atoms with van der Waals surface area (Å²) < 4.78 is 29.1. The number of anilines is 1. The van der Waals surface area contributed by atoms with Crippen molar-refractivity contribution in [3.8, 4) is 5.69 Å². The number of rotatable bonds is 3. The Labute approximate surface area is 149 Å². The lowest BCUT2D eigenvalue weighted by molar-refractivity contribution is 0.591. The molecular weight excluding hydrogens is 350 g/mol. The summed E-state index contributed by atoms with van der Waals surface area (Å²) in [5.74, 6) is 0.449. The Bertz CT molecular complexity index is 1230. The highest BCUT2D eigenvalue weighted by molar-refractivity contribution is 7.93. The first kappa shape index (κ1) is 15.0. The first-order chi connectivity index (χ1) is 12.7. The van der Waals surface area contributed by atoms with Crippen LogP contribution in [0.2, 0.25) is 0 Å². The third kappa shape index (κ3) is 2.05. The summed E-state index contributed by atoms with van der Waals surface area (Å²) >= 11 is 0. The summed E-state index contributed by atoms with van der Waals surface area (Å²) in [6.45, 7) is 0.0536. The lowest BCUT2D eigenvalue weighted by atomic mass is 10.1. The molecule has 0 N–H and O–H groups in total. The van der Waals surface area contributed by atoms with Gasteiger partial charge in [0.25, 0.3) is 10.0 Å². The van der Waals surface area contributed by atoms with E-state index in [1.807, 2.05) is 54.6 Å². The predicted molar refractivity (Wildman–Crippen MR) is 96.5 cm³/mol. The van der Waals surface area contributed by atoms with Gasteiger partial charge in [-0.05, 0) is 40.1 Å². The molecule has 128 valence electrons. The molecule has 0 fully saturated rings. The number of nitrogens with zero attached hydrogens (tertiary/aromatic N) is 5. The fourth-order valence-electron chi connectivity index (χ4n) is 3.33. The van der Waals surface area contributed by atoms with E-state index in [9.17, 15) is 8.42 Å². The van der Waals surface area contributed by atoms with Crippen LogP contribution < -0.4 is 4.31 Å². The van der Waals surface area contributed by atoms with Crippen LogP contribution in [0.15, 0.2) is 71.6 Å². The molecule has 1 aliphatic heterocycles. The van der Waals surface area contributed by atoms with Gasteiger partial charge in [-0.15, -0.1) is 5.10 Å². The zero-order chi connectivity index (χ0) is 17.7. The predicted octanol–water partition coefficient (Wildman–Crippen LogP) is 2.52. The van der Waals surface area contributed by atoms with Crippen molar-refractivity contribution in [2.75, 3.05) is 4.31 Å². The Kier molecular flexibility index (Phi) is 3.10. The summed E-state index contributed by atoms with van der Waals surface area (Å²) in [6.07, 6.45) is 0. The Balaban J connectivity index is 1.64. The molecule has 0 unspecified atom stereocenters. The molecule has 1 aromatic heterocycles. The molecule has 26 heavy (non-hydrogen) atoms. The molecule has 0 bridgehead atoms. The Morgan fingerprint density at radius 1 is 0.885 bits per heavy atom. The van der Waals surface area contributed by atoms with Crippen molar-refractivity contribution < 1.29 is 8.42 Å². The monoisotopic (exact) mass is 363 g/mol. The fraction of sp³-hybridized carbons (Fsp3) is 0.0556. The van der Waals surface area contributed by atoms with Crippen molar-refractivity contribution in [2.45, 2.75) is 11.4 Å². The standard InChI is InChI=1S/C18H13N5O2S/c24-26(25)16-11-5-7-13-6-4-10-15(18(13)16)22(26)12-17-19-20-21-23(17)14-8-2-1-3-9-14/h1-11H,12H2. The molecular formula is C18H13N5O2S. The van der Waals surface area contributed by atoms with Crippen molar-refractivity contribution in [2.24, 2.45) is 0 Å². The highest BCUT2D eigenvalue weighted by Gasteiger charge is 2.36. The molecule has 0 atom stereocenters. The summed E-state index contributed by atoms with van der Waals surface area (Å²) in [7, 11) is -3.65. The van der Waals surface area contributed by atoms with Crippen LogP contribution in [0.5, 0.6) is 0 Å². The molecule has 0 amide bonds. The van der Waals surface area contributed by atoms with Crippen molar-refractivity contribution in [1.82, 2.24) is 20.2 Å². The Morgan fingerprint density at radius 3 is 2.46 bits per heavy atom. The number of benzene rings is 3. The minimum atomic E-state index is -3.65. The van der Waals surface area contributed by atoms with Crippen molar-refractivity contribution in [3.05, 3.63) is 72.6 Å². The van der Waals surface area contributed by atoms with Crippen LogP contribution in [-0.2, 0) is 16.6 Å². The largest absolute Gasteiger partial charge is 0.265 e. The second kappa shape index (κ2) is 5.37. The van der Waals surface area contributed by atoms with Crippen LogP contribution in [0.4, 0.5) is 5.69 Å². The van der Waals surface area contributed by atoms with Crippen LogP contribution in [-0.4, -0.2) is 28.6 Å². The van der Waals surface area contributed by atoms with E-state index >= 15 is 0 Å². The number of tetrazole rings is 1. The van der Waals surface area contributed by atoms with Gasteiger partial charge in [0, 0.05) is 5.39 Å². The summed E-state index contributed by atoms with van der Waals surface area (Å²) in [4.78, 5) is 0.323. The molecule has 0 saturated carbocycles. The number of aromatic nitrogens is 4. The second-order valence-electron chi connectivity index (χ2n) is 5.99. The summed E-state index contributed by atoms with van der Waals surface area (Å²) in [5.41, 5.74) is 1.43. The molecule has 3 aromatic carbocycles. The van der Waals surface area contributed by atoms with Crippen LogP contribution in [0.1, 0.15) is 5.82 Å². The number of hydrogen-bond acceptors (Lipinski definition) is 5. The van der Waals surface area contributed by atoms with Crippen molar-refractivity contribution in [1.29, 1.82) is 0 Å². The van der Waals surface area contributed by atoms with Gasteiger partial charge in [0.2, 0.25) is 0 Å². The highest BCUT2D eigenvalue weighted by atomic mass is 32.2. The molecule has 7 nitrogen and oxygen atoms in total. The number of sulfonamides is 1. The minimum Gasteiger partial charge on any atom is -0.258 e. The Morgan fingerprint density at radius 2 is 1.65 bits per heavy atom. The molecule has 2 heterocycles. The van der Waals surface area contributed by atoms with E-state index in [0.29, 0.717) is 16.4 Å². The summed E-state index contributed by atoms with van der Waals surface area (Å²) in [6, 6.07) is 20.3. The van der Waals surface area contributed by atoms with Crippen molar-refractivity contribution >= 4 is 26.5 Å². The molecule has 0 saturated heterocycles. The second-order valence-corrected chi connectivity index (χ2v) is 7.82. The van der Waals surface area contributed by atoms with Crippen LogP contribution in [0.3, 0.4) is 0 Å². The van der Waals surface area contributed by atoms with Gasteiger partial charge >= 0.3 is 0 Å². The minimum absolute atomic E-state index is 0.0536. The molecule has 5 rings (SSSR count). The molecule has 4 aromatic rings. The number of hydrogen-bond donors (Lipinski definition) is 0. The van der Waals surface area contributed by atoms with Crippen LogP contribution in [0, 0.1) is 0 Å². The third-order valence-electron chi connectivity index (χ3n) is 4.50. The molecule has 1 aliphatic rings. The van der Waals surface area contributed by atoms with Crippen LogP contribution >= 0.6 is 0 Å². The zero-order valence-electron chi connectivity index (χ0n) is 13.5. The maximum Gasteiger partial charge on any atom is 0.265 e. The van der Waals surface area contributed by atoms with Crippen molar-refractivity contribution in [3.63, 3.8) is 0 Å². The van der Waals surface area contributed by atoms with E-state index < -0.39 is 10.0 Å². The first-order valence-corrected chi connectivity index (χ1v) is 9.47. The maximum absolute atomic E-state index is 13.1. The van der Waals surface area contributed by atoms with Gasteiger partial charge in [-0.2, -0.15) is 4.68 Å². The molecule has 8 heteroatoms. The fourth-order valence-corrected chi connectivity index (χ4v) is 5.00. The SMILES string of the molecule is O=S1(=O)c2cccc3cccc(c23)N1Cc1nnnn1-c1ccccc1. The number of para-hydroxylation sites is 1. The van der Waals surface area contributed by atoms with E-state index in [4.69, 9.17) is 0 Å². The van der Waals surface area contributed by atoms with Gasteiger partial charge in [0.1, 0.15) is 0 Å². The smallest absolute Gasteiger partial charge is 0.258 e. The van der Waals surface area contributed by atoms with Gasteiger partial charge in [0.15, 0.2) is 5.82 Å². The molecule has 0 spiro atoms. The Hall–Kier alpha value is -3.26. The molecule has 0 radical (unpaired) electrons. The highest BCUT2D eigenvalue weighted by Crippen LogP contribution is 2.42. The van der Waals surface area contributed by atoms with E-state index in [2.05, 4.69) is 15.5 Å². The third-order valence-corrected chi connectivity index (χ3v) is 6.30.